The number of anilines is 1. The number of hydrogen-bond acceptors (Lipinski definition) is 4. The molecule has 0 radical (unpaired) electrons. The van der Waals surface area contributed by atoms with Crippen molar-refractivity contribution in [3.8, 4) is 11.5 Å². The van der Waals surface area contributed by atoms with Crippen LogP contribution in [0.2, 0.25) is 0 Å². The monoisotopic (exact) mass is 450 g/mol. The molecule has 4 rings (SSSR count). The second-order valence-electron chi connectivity index (χ2n) is 8.28. The van der Waals surface area contributed by atoms with Gasteiger partial charge in [-0.2, -0.15) is 0 Å². The largest absolute Gasteiger partial charge is 0.457 e. The molecule has 2 unspecified atom stereocenters. The van der Waals surface area contributed by atoms with Gasteiger partial charge in [0.2, 0.25) is 11.8 Å². The molecule has 2 heterocycles. The van der Waals surface area contributed by atoms with Crippen molar-refractivity contribution in [1.82, 2.24) is 14.9 Å². The summed E-state index contributed by atoms with van der Waals surface area (Å²) in [6.45, 7) is 2.70. The van der Waals surface area contributed by atoms with E-state index >= 15 is 0 Å². The molecule has 1 fully saturated rings. The normalized spacial score (nSPS) is 17.7. The zero-order valence-corrected chi connectivity index (χ0v) is 18.5. The van der Waals surface area contributed by atoms with Crippen molar-refractivity contribution in [2.75, 3.05) is 11.9 Å². The van der Waals surface area contributed by atoms with Crippen molar-refractivity contribution < 1.29 is 18.7 Å². The lowest BCUT2D eigenvalue weighted by atomic mass is 10.00. The highest BCUT2D eigenvalue weighted by molar-refractivity contribution is 5.97. The number of likely N-dealkylation sites (tertiary alicyclic amines) is 1. The summed E-state index contributed by atoms with van der Waals surface area (Å²) in [4.78, 5) is 34.6. The maximum Gasteiger partial charge on any atom is 0.247 e. The van der Waals surface area contributed by atoms with E-state index in [1.54, 1.807) is 53.8 Å². The molecular weight excluding hydrogens is 423 g/mol. The van der Waals surface area contributed by atoms with Gasteiger partial charge in [0.15, 0.2) is 0 Å². The van der Waals surface area contributed by atoms with Crippen LogP contribution in [0, 0.1) is 11.7 Å². The summed E-state index contributed by atoms with van der Waals surface area (Å²) in [6, 6.07) is 12.2. The Morgan fingerprint density at radius 1 is 1.15 bits per heavy atom. The molecule has 2 aromatic carbocycles. The number of halogens is 1. The number of rotatable bonds is 8. The summed E-state index contributed by atoms with van der Waals surface area (Å²) in [5, 5.41) is 2.93. The van der Waals surface area contributed by atoms with Crippen molar-refractivity contribution in [3.05, 3.63) is 72.6 Å². The molecule has 2 atom stereocenters. The topological polar surface area (TPSA) is 87.3 Å². The third kappa shape index (κ3) is 5.77. The number of benzene rings is 2. The number of carbonyl (C=O) groups excluding carboxylic acids is 2. The third-order valence-corrected chi connectivity index (χ3v) is 5.78. The molecule has 2 amide bonds. The van der Waals surface area contributed by atoms with Crippen molar-refractivity contribution in [1.29, 1.82) is 0 Å². The zero-order chi connectivity index (χ0) is 23.2. The van der Waals surface area contributed by atoms with Crippen LogP contribution in [0.15, 0.2) is 61.1 Å². The highest BCUT2D eigenvalue weighted by Gasteiger charge is 2.39. The number of nitrogens with one attached hydrogen (secondary N) is 2. The molecule has 0 aliphatic carbocycles. The van der Waals surface area contributed by atoms with Crippen LogP contribution in [0.3, 0.4) is 0 Å². The highest BCUT2D eigenvalue weighted by atomic mass is 19.1. The first-order valence-electron chi connectivity index (χ1n) is 11.1. The summed E-state index contributed by atoms with van der Waals surface area (Å²) in [7, 11) is 0. The highest BCUT2D eigenvalue weighted by Crippen LogP contribution is 2.29. The fraction of sp³-hybridized carbons (Fsp3) is 0.320. The first-order chi connectivity index (χ1) is 16.0. The molecule has 8 heteroatoms. The van der Waals surface area contributed by atoms with Gasteiger partial charge in [-0.15, -0.1) is 0 Å². The second kappa shape index (κ2) is 10.3. The van der Waals surface area contributed by atoms with Gasteiger partial charge in [-0.1, -0.05) is 13.3 Å². The van der Waals surface area contributed by atoms with Gasteiger partial charge >= 0.3 is 0 Å². The van der Waals surface area contributed by atoms with Crippen molar-refractivity contribution in [2.45, 2.75) is 38.6 Å². The lowest BCUT2D eigenvalue weighted by Gasteiger charge is -2.24. The van der Waals surface area contributed by atoms with E-state index in [4.69, 9.17) is 4.74 Å². The number of aromatic amines is 1. The molecule has 1 aliphatic heterocycles. The fourth-order valence-electron chi connectivity index (χ4n) is 4.18. The van der Waals surface area contributed by atoms with Gasteiger partial charge in [-0.3, -0.25) is 9.59 Å². The minimum Gasteiger partial charge on any atom is -0.457 e. The number of nitrogens with zero attached hydrogens (tertiary/aromatic N) is 2. The Hall–Kier alpha value is -3.68. The van der Waals surface area contributed by atoms with Crippen molar-refractivity contribution in [3.63, 3.8) is 0 Å². The van der Waals surface area contributed by atoms with Gasteiger partial charge in [0.05, 0.1) is 12.7 Å². The maximum atomic E-state index is 13.1. The lowest BCUT2D eigenvalue weighted by Crippen LogP contribution is -2.43. The van der Waals surface area contributed by atoms with Crippen LogP contribution in [0.1, 0.15) is 31.9 Å². The first-order valence-corrected chi connectivity index (χ1v) is 11.1. The first kappa shape index (κ1) is 22.5. The smallest absolute Gasteiger partial charge is 0.247 e. The van der Waals surface area contributed by atoms with E-state index in [0.717, 1.165) is 18.5 Å². The molecule has 0 bridgehead atoms. The molecule has 3 aromatic rings. The number of hydrogen-bond donors (Lipinski definition) is 2. The van der Waals surface area contributed by atoms with Gasteiger partial charge in [-0.05, 0) is 67.3 Å². The Balaban J connectivity index is 1.40. The third-order valence-electron chi connectivity index (χ3n) is 5.78. The minimum atomic E-state index is -0.507. The molecule has 0 saturated carbocycles. The Labute approximate surface area is 192 Å². The predicted octanol–water partition coefficient (Wildman–Crippen LogP) is 4.54. The molecule has 0 spiro atoms. The molecule has 2 N–H and O–H groups in total. The van der Waals surface area contributed by atoms with Crippen LogP contribution in [-0.4, -0.2) is 39.3 Å². The van der Waals surface area contributed by atoms with E-state index in [1.165, 1.54) is 12.1 Å². The fourth-order valence-corrected chi connectivity index (χ4v) is 4.18. The van der Waals surface area contributed by atoms with Gasteiger partial charge in [0, 0.05) is 24.1 Å². The number of carbonyl (C=O) groups is 2. The minimum absolute atomic E-state index is 0.0824. The van der Waals surface area contributed by atoms with E-state index in [0.29, 0.717) is 36.1 Å². The van der Waals surface area contributed by atoms with Crippen LogP contribution in [0.25, 0.3) is 0 Å². The van der Waals surface area contributed by atoms with Gasteiger partial charge < -0.3 is 19.9 Å². The molecule has 1 saturated heterocycles. The molecule has 7 nitrogen and oxygen atoms in total. The Morgan fingerprint density at radius 2 is 1.85 bits per heavy atom. The van der Waals surface area contributed by atoms with Crippen LogP contribution in [0.4, 0.5) is 10.1 Å². The summed E-state index contributed by atoms with van der Waals surface area (Å²) in [5.74, 6) is 0.792. The van der Waals surface area contributed by atoms with Crippen molar-refractivity contribution in [2.24, 2.45) is 5.92 Å². The quantitative estimate of drug-likeness (QED) is 0.528. The molecule has 33 heavy (non-hydrogen) atoms. The Kier molecular flexibility index (Phi) is 7.02. The average molecular weight is 451 g/mol. The molecule has 1 aromatic heterocycles. The standard InChI is InChI=1S/C25H27FN4O3/c1-2-3-17-12-23(30(15-17)24(31)13-20-14-27-16-28-20)25(32)29-19-6-10-22(11-7-19)33-21-8-4-18(26)5-9-21/h4-11,14,16-17,23H,2-3,12-13,15H2,1H3,(H,27,28)(H,29,32). The van der Waals surface area contributed by atoms with E-state index in [9.17, 15) is 14.0 Å². The number of H-pyrrole nitrogens is 1. The van der Waals surface area contributed by atoms with E-state index in [-0.39, 0.29) is 24.1 Å². The Bertz CT molecular complexity index is 1070. The van der Waals surface area contributed by atoms with Crippen LogP contribution < -0.4 is 10.1 Å². The van der Waals surface area contributed by atoms with Gasteiger partial charge in [0.25, 0.3) is 0 Å². The average Bonchev–Trinajstić information content (AvgIpc) is 3.47. The van der Waals surface area contributed by atoms with Crippen LogP contribution >= 0.6 is 0 Å². The van der Waals surface area contributed by atoms with E-state index in [2.05, 4.69) is 22.2 Å². The molecule has 1 aliphatic rings. The van der Waals surface area contributed by atoms with Gasteiger partial charge in [0.1, 0.15) is 23.4 Å². The second-order valence-corrected chi connectivity index (χ2v) is 8.28. The summed E-state index contributed by atoms with van der Waals surface area (Å²) < 4.78 is 18.7. The van der Waals surface area contributed by atoms with Crippen LogP contribution in [0.5, 0.6) is 11.5 Å². The number of amides is 2. The van der Waals surface area contributed by atoms with Gasteiger partial charge in [-0.25, -0.2) is 9.37 Å². The lowest BCUT2D eigenvalue weighted by molar-refractivity contribution is -0.136. The SMILES string of the molecule is CCCC1CC(C(=O)Nc2ccc(Oc3ccc(F)cc3)cc2)N(C(=O)Cc2cnc[nH]2)C1. The number of ether oxygens (including phenoxy) is 1. The van der Waals surface area contributed by atoms with Crippen molar-refractivity contribution >= 4 is 17.5 Å². The molecule has 172 valence electrons. The summed E-state index contributed by atoms with van der Waals surface area (Å²) in [6.07, 6.45) is 6.00. The van der Waals surface area contributed by atoms with E-state index < -0.39 is 6.04 Å². The zero-order valence-electron chi connectivity index (χ0n) is 18.5. The Morgan fingerprint density at radius 3 is 2.48 bits per heavy atom. The predicted molar refractivity (Wildman–Crippen MR) is 122 cm³/mol. The maximum absolute atomic E-state index is 13.1. The van der Waals surface area contributed by atoms with E-state index in [1.807, 2.05) is 0 Å². The number of imidazole rings is 1. The number of aromatic nitrogens is 2. The molecular formula is C25H27FN4O3. The summed E-state index contributed by atoms with van der Waals surface area (Å²) in [5.41, 5.74) is 1.35. The van der Waals surface area contributed by atoms with Crippen LogP contribution in [-0.2, 0) is 16.0 Å². The summed E-state index contributed by atoms with van der Waals surface area (Å²) >= 11 is 0.